The van der Waals surface area contributed by atoms with Crippen LogP contribution in [0.15, 0.2) is 33.9 Å². The maximum absolute atomic E-state index is 12.8. The second-order valence-electron chi connectivity index (χ2n) is 7.35. The maximum Gasteiger partial charge on any atom is 0.490 e. The van der Waals surface area contributed by atoms with E-state index in [1.807, 2.05) is 0 Å². The van der Waals surface area contributed by atoms with Gasteiger partial charge in [0.1, 0.15) is 15.4 Å². The molecule has 4 heterocycles. The van der Waals surface area contributed by atoms with E-state index >= 15 is 0 Å². The lowest BCUT2D eigenvalue weighted by Crippen LogP contribution is -2.41. The number of thiophene rings is 2. The molecule has 200 valence electrons. The monoisotopic (exact) mass is 599 g/mol. The molecule has 4 rings (SSSR count). The van der Waals surface area contributed by atoms with Gasteiger partial charge in [-0.3, -0.25) is 10.2 Å². The molecular weight excluding hydrogens is 583 g/mol. The Hall–Kier alpha value is -2.99. The number of likely N-dealkylation sites (tertiary alicyclic amines) is 1. The van der Waals surface area contributed by atoms with Crippen LogP contribution in [0.3, 0.4) is 0 Å². The number of nitrogens with one attached hydrogen (secondary N) is 2. The number of nitrogens with two attached hydrogens (primary N) is 1. The van der Waals surface area contributed by atoms with Gasteiger partial charge in [0.25, 0.3) is 16.0 Å². The molecule has 0 bridgehead atoms. The third-order valence-electron chi connectivity index (χ3n) is 4.63. The zero-order valence-corrected chi connectivity index (χ0v) is 21.5. The fourth-order valence-electron chi connectivity index (χ4n) is 3.08. The normalized spacial score (nSPS) is 15.9. The van der Waals surface area contributed by atoms with Gasteiger partial charge in [0.05, 0.1) is 10.2 Å². The Morgan fingerprint density at radius 2 is 2.05 bits per heavy atom. The first kappa shape index (κ1) is 28.6. The van der Waals surface area contributed by atoms with Gasteiger partial charge in [0, 0.05) is 13.1 Å². The van der Waals surface area contributed by atoms with Gasteiger partial charge in [-0.05, 0) is 41.6 Å². The number of amides is 1. The number of pyridine rings is 1. The SMILES string of the molecule is N=C(N)Oc1cc(CN2CC[C@H](NS(=O)(=O)c3cc4nc(Cl)ccc4s3)C2=O)cs1.O=C(O)C(F)(F)F. The summed E-state index contributed by atoms with van der Waals surface area (Å²) in [6, 6.07) is 5.22. The summed E-state index contributed by atoms with van der Waals surface area (Å²) in [5.41, 5.74) is 6.52. The summed E-state index contributed by atoms with van der Waals surface area (Å²) in [5, 5.41) is 16.8. The number of aromatic nitrogens is 1. The summed E-state index contributed by atoms with van der Waals surface area (Å²) >= 11 is 8.20. The van der Waals surface area contributed by atoms with E-state index in [9.17, 15) is 26.4 Å². The van der Waals surface area contributed by atoms with Crippen LogP contribution in [0.5, 0.6) is 5.06 Å². The third kappa shape index (κ3) is 7.51. The fourth-order valence-corrected chi connectivity index (χ4v) is 6.56. The lowest BCUT2D eigenvalue weighted by molar-refractivity contribution is -0.192. The van der Waals surface area contributed by atoms with Crippen molar-refractivity contribution in [3.63, 3.8) is 0 Å². The minimum atomic E-state index is -5.08. The number of halogens is 4. The highest BCUT2D eigenvalue weighted by molar-refractivity contribution is 7.91. The second-order valence-corrected chi connectivity index (χ2v) is 11.6. The number of carbonyl (C=O) groups excluding carboxylic acids is 1. The molecule has 0 aromatic carbocycles. The Morgan fingerprint density at radius 3 is 2.68 bits per heavy atom. The zero-order valence-electron chi connectivity index (χ0n) is 18.3. The molecule has 1 fully saturated rings. The summed E-state index contributed by atoms with van der Waals surface area (Å²) in [4.78, 5) is 27.3. The Kier molecular flexibility index (Phi) is 8.63. The molecule has 11 nitrogen and oxygen atoms in total. The number of aliphatic carboxylic acids is 1. The van der Waals surface area contributed by atoms with E-state index in [1.165, 1.54) is 17.4 Å². The first-order chi connectivity index (χ1) is 17.2. The highest BCUT2D eigenvalue weighted by atomic mass is 35.5. The van der Waals surface area contributed by atoms with E-state index in [2.05, 4.69) is 9.71 Å². The average molecular weight is 600 g/mol. The molecule has 1 aliphatic rings. The van der Waals surface area contributed by atoms with Crippen molar-refractivity contribution in [2.24, 2.45) is 5.73 Å². The van der Waals surface area contributed by atoms with E-state index in [4.69, 9.17) is 37.4 Å². The molecule has 1 aliphatic heterocycles. The topological polar surface area (TPSA) is 176 Å². The minimum Gasteiger partial charge on any atom is -0.475 e. The lowest BCUT2D eigenvalue weighted by atomic mass is 10.3. The Bertz CT molecular complexity index is 1440. The Labute approximate surface area is 220 Å². The maximum atomic E-state index is 12.8. The molecule has 3 aromatic rings. The predicted octanol–water partition coefficient (Wildman–Crippen LogP) is 3.00. The van der Waals surface area contributed by atoms with Crippen LogP contribution in [0.25, 0.3) is 10.2 Å². The number of alkyl halides is 3. The number of amidine groups is 1. The van der Waals surface area contributed by atoms with Gasteiger partial charge in [-0.25, -0.2) is 18.2 Å². The highest BCUT2D eigenvalue weighted by Crippen LogP contribution is 2.30. The number of nitrogens with zero attached hydrogens (tertiary/aromatic N) is 2. The molecule has 18 heteroatoms. The van der Waals surface area contributed by atoms with Gasteiger partial charge in [-0.15, -0.1) is 22.7 Å². The number of carboxylic acids is 1. The summed E-state index contributed by atoms with van der Waals surface area (Å²) < 4.78 is 65.6. The quantitative estimate of drug-likeness (QED) is 0.190. The van der Waals surface area contributed by atoms with Crippen molar-refractivity contribution in [3.8, 4) is 5.06 Å². The molecule has 37 heavy (non-hydrogen) atoms. The number of carbonyl (C=O) groups is 2. The van der Waals surface area contributed by atoms with Crippen LogP contribution < -0.4 is 15.2 Å². The van der Waals surface area contributed by atoms with Crippen molar-refractivity contribution < 1.29 is 41.0 Å². The number of hydrogen-bond acceptors (Lipinski definition) is 9. The van der Waals surface area contributed by atoms with Crippen LogP contribution in [0.1, 0.15) is 12.0 Å². The average Bonchev–Trinajstić information content (AvgIpc) is 3.48. The van der Waals surface area contributed by atoms with Gasteiger partial charge in [-0.1, -0.05) is 11.6 Å². The van der Waals surface area contributed by atoms with Crippen LogP contribution in [-0.2, 0) is 26.2 Å². The van der Waals surface area contributed by atoms with Gasteiger partial charge in [-0.2, -0.15) is 17.9 Å². The second kappa shape index (κ2) is 11.2. The van der Waals surface area contributed by atoms with Crippen molar-refractivity contribution in [2.75, 3.05) is 6.54 Å². The van der Waals surface area contributed by atoms with Crippen molar-refractivity contribution in [2.45, 2.75) is 29.4 Å². The Morgan fingerprint density at radius 1 is 1.38 bits per heavy atom. The summed E-state index contributed by atoms with van der Waals surface area (Å²) in [6.07, 6.45) is -4.71. The number of carboxylic acid groups (broad SMARTS) is 1. The molecule has 0 unspecified atom stereocenters. The molecule has 0 saturated carbocycles. The van der Waals surface area contributed by atoms with Crippen molar-refractivity contribution in [3.05, 3.63) is 40.4 Å². The molecule has 1 amide bonds. The number of ether oxygens (including phenoxy) is 1. The van der Waals surface area contributed by atoms with E-state index in [1.54, 1.807) is 28.5 Å². The van der Waals surface area contributed by atoms with Crippen molar-refractivity contribution >= 4 is 72.4 Å². The molecular formula is C19H17ClF3N5O6S3. The van der Waals surface area contributed by atoms with Crippen LogP contribution in [0.2, 0.25) is 5.15 Å². The molecule has 1 saturated heterocycles. The molecule has 0 spiro atoms. The molecule has 1 atom stereocenters. The smallest absolute Gasteiger partial charge is 0.475 e. The standard InChI is InChI=1S/C17H16ClN5O4S3.C2HF3O2/c18-13-2-1-12-11(21-13)6-15(29-12)30(25,26)22-10-3-4-23(16(10)24)7-9-5-14(28-8-9)27-17(19)20;3-2(4,5)1(6)7/h1-2,5-6,8,10,22H,3-4,7H2,(H3,19,20);(H,6,7)/t10-;/m0./s1. The number of fused-ring (bicyclic) bond motifs is 1. The molecule has 3 aromatic heterocycles. The van der Waals surface area contributed by atoms with Gasteiger partial charge < -0.3 is 20.5 Å². The van der Waals surface area contributed by atoms with Crippen LogP contribution in [0.4, 0.5) is 13.2 Å². The van der Waals surface area contributed by atoms with Gasteiger partial charge in [0.2, 0.25) is 5.91 Å². The lowest BCUT2D eigenvalue weighted by Gasteiger charge is -2.16. The summed E-state index contributed by atoms with van der Waals surface area (Å²) in [5.74, 6) is -3.05. The van der Waals surface area contributed by atoms with Crippen molar-refractivity contribution in [1.82, 2.24) is 14.6 Å². The molecule has 5 N–H and O–H groups in total. The van der Waals surface area contributed by atoms with Gasteiger partial charge >= 0.3 is 12.1 Å². The van der Waals surface area contributed by atoms with E-state index in [0.29, 0.717) is 34.8 Å². The highest BCUT2D eigenvalue weighted by Gasteiger charge is 2.38. The van der Waals surface area contributed by atoms with Crippen LogP contribution in [-0.4, -0.2) is 60.1 Å². The van der Waals surface area contributed by atoms with Crippen LogP contribution >= 0.6 is 34.3 Å². The third-order valence-corrected chi connectivity index (χ3v) is 8.73. The van der Waals surface area contributed by atoms with E-state index < -0.39 is 34.2 Å². The number of rotatable bonds is 6. The van der Waals surface area contributed by atoms with Crippen LogP contribution in [0, 0.1) is 5.41 Å². The first-order valence-corrected chi connectivity index (χ1v) is 13.5. The largest absolute Gasteiger partial charge is 0.490 e. The van der Waals surface area contributed by atoms with Gasteiger partial charge in [0.15, 0.2) is 5.06 Å². The zero-order chi connectivity index (χ0) is 27.5. The molecule has 0 aliphatic carbocycles. The number of sulfonamides is 1. The minimum absolute atomic E-state index is 0.0855. The van der Waals surface area contributed by atoms with E-state index in [0.717, 1.165) is 16.9 Å². The Balaban J connectivity index is 0.000000479. The fraction of sp³-hybridized carbons (Fsp3) is 0.263. The first-order valence-electron chi connectivity index (χ1n) is 9.92. The number of hydrogen-bond donors (Lipinski definition) is 4. The molecule has 0 radical (unpaired) electrons. The summed E-state index contributed by atoms with van der Waals surface area (Å²) in [7, 11) is -3.87. The summed E-state index contributed by atoms with van der Waals surface area (Å²) in [6.45, 7) is 0.745. The predicted molar refractivity (Wildman–Crippen MR) is 129 cm³/mol. The van der Waals surface area contributed by atoms with Crippen molar-refractivity contribution in [1.29, 1.82) is 5.41 Å². The van der Waals surface area contributed by atoms with E-state index in [-0.39, 0.29) is 15.3 Å².